The highest BCUT2D eigenvalue weighted by Gasteiger charge is 2.15. The van der Waals surface area contributed by atoms with E-state index in [4.69, 9.17) is 9.47 Å². The largest absolute Gasteiger partial charge is 0.497 e. The van der Waals surface area contributed by atoms with Crippen molar-refractivity contribution in [1.29, 1.82) is 0 Å². The lowest BCUT2D eigenvalue weighted by atomic mass is 10.2. The van der Waals surface area contributed by atoms with Crippen LogP contribution in [0.5, 0.6) is 11.5 Å². The van der Waals surface area contributed by atoms with E-state index >= 15 is 0 Å². The van der Waals surface area contributed by atoms with Gasteiger partial charge in [-0.1, -0.05) is 6.07 Å². The summed E-state index contributed by atoms with van der Waals surface area (Å²) < 4.78 is 36.6. The van der Waals surface area contributed by atoms with E-state index in [2.05, 4.69) is 10.0 Å². The van der Waals surface area contributed by atoms with Gasteiger partial charge in [-0.3, -0.25) is 4.79 Å². The summed E-state index contributed by atoms with van der Waals surface area (Å²) in [5, 5.41) is 2.78. The molecule has 0 aliphatic heterocycles. The molecule has 0 radical (unpaired) electrons. The molecule has 2 rings (SSSR count). The van der Waals surface area contributed by atoms with E-state index in [0.29, 0.717) is 5.75 Å². The van der Waals surface area contributed by atoms with E-state index in [1.54, 1.807) is 44.4 Å². The molecular weight excluding hydrogens is 356 g/mol. The Morgan fingerprint density at radius 3 is 2.38 bits per heavy atom. The molecule has 0 bridgehead atoms. The Bertz CT molecular complexity index is 850. The third kappa shape index (κ3) is 5.21. The third-order valence-corrected chi connectivity index (χ3v) is 5.02. The molecule has 0 saturated carbocycles. The third-order valence-electron chi connectivity index (χ3n) is 3.61. The number of ether oxygens (including phenoxy) is 2. The van der Waals surface area contributed by atoms with Gasteiger partial charge in [-0.05, 0) is 56.4 Å². The van der Waals surface area contributed by atoms with Crippen molar-refractivity contribution in [2.45, 2.75) is 17.9 Å². The summed E-state index contributed by atoms with van der Waals surface area (Å²) in [6.07, 6.45) is 0. The van der Waals surface area contributed by atoms with Crippen LogP contribution >= 0.6 is 0 Å². The summed E-state index contributed by atoms with van der Waals surface area (Å²) in [6.45, 7) is 2.07. The number of carbonyl (C=O) groups is 1. The van der Waals surface area contributed by atoms with Gasteiger partial charge in [0, 0.05) is 5.56 Å². The first-order valence-electron chi connectivity index (χ1n) is 7.97. The van der Waals surface area contributed by atoms with Crippen LogP contribution in [-0.4, -0.2) is 41.1 Å². The minimum absolute atomic E-state index is 0.0368. The lowest BCUT2D eigenvalue weighted by molar-refractivity contribution is 0.0926. The molecule has 0 spiro atoms. The van der Waals surface area contributed by atoms with Gasteiger partial charge in [0.2, 0.25) is 10.0 Å². The van der Waals surface area contributed by atoms with Gasteiger partial charge in [0.25, 0.3) is 5.91 Å². The summed E-state index contributed by atoms with van der Waals surface area (Å²) in [5.74, 6) is 1.02. The Hall–Kier alpha value is -2.58. The smallest absolute Gasteiger partial charge is 0.251 e. The van der Waals surface area contributed by atoms with Crippen LogP contribution in [0, 0.1) is 0 Å². The highest BCUT2D eigenvalue weighted by Crippen LogP contribution is 2.17. The molecule has 1 atom stereocenters. The lowest BCUT2D eigenvalue weighted by Crippen LogP contribution is -2.36. The molecular formula is C18H22N2O5S. The van der Waals surface area contributed by atoms with Gasteiger partial charge in [-0.15, -0.1) is 0 Å². The molecule has 0 aliphatic rings. The van der Waals surface area contributed by atoms with Gasteiger partial charge < -0.3 is 14.8 Å². The van der Waals surface area contributed by atoms with Gasteiger partial charge in [0.1, 0.15) is 18.1 Å². The van der Waals surface area contributed by atoms with Gasteiger partial charge in [-0.25, -0.2) is 13.1 Å². The average Bonchev–Trinajstić information content (AvgIpc) is 2.66. The molecule has 0 aromatic heterocycles. The van der Waals surface area contributed by atoms with Crippen LogP contribution in [0.4, 0.5) is 0 Å². The lowest BCUT2D eigenvalue weighted by Gasteiger charge is -2.15. The van der Waals surface area contributed by atoms with Gasteiger partial charge >= 0.3 is 0 Å². The number of rotatable bonds is 8. The van der Waals surface area contributed by atoms with Crippen LogP contribution in [0.25, 0.3) is 0 Å². The van der Waals surface area contributed by atoms with E-state index in [9.17, 15) is 13.2 Å². The second kappa shape index (κ2) is 8.68. The number of hydrogen-bond acceptors (Lipinski definition) is 5. The quantitative estimate of drug-likeness (QED) is 0.731. The number of methoxy groups -OCH3 is 1. The normalized spacial score (nSPS) is 12.3. The fraction of sp³-hybridized carbons (Fsp3) is 0.278. The van der Waals surface area contributed by atoms with Crippen LogP contribution in [-0.2, 0) is 10.0 Å². The fourth-order valence-electron chi connectivity index (χ4n) is 2.16. The molecule has 140 valence electrons. The molecule has 1 amide bonds. The predicted molar refractivity (Wildman–Crippen MR) is 98.1 cm³/mol. The molecule has 0 heterocycles. The Balaban J connectivity index is 1.95. The van der Waals surface area contributed by atoms with E-state index < -0.39 is 10.0 Å². The van der Waals surface area contributed by atoms with E-state index in [1.165, 1.54) is 25.2 Å². The maximum Gasteiger partial charge on any atom is 0.251 e. The van der Waals surface area contributed by atoms with Crippen LogP contribution < -0.4 is 19.5 Å². The van der Waals surface area contributed by atoms with Crippen molar-refractivity contribution >= 4 is 15.9 Å². The Morgan fingerprint density at radius 1 is 1.12 bits per heavy atom. The Kier molecular flexibility index (Phi) is 6.59. The zero-order chi connectivity index (χ0) is 19.2. The number of amides is 1. The van der Waals surface area contributed by atoms with Crippen molar-refractivity contribution in [2.75, 3.05) is 20.8 Å². The fourth-order valence-corrected chi connectivity index (χ4v) is 2.94. The maximum absolute atomic E-state index is 12.3. The van der Waals surface area contributed by atoms with Crippen LogP contribution in [0.15, 0.2) is 53.4 Å². The van der Waals surface area contributed by atoms with Crippen molar-refractivity contribution in [1.82, 2.24) is 10.0 Å². The number of carbonyl (C=O) groups excluding carboxylic acids is 1. The topological polar surface area (TPSA) is 93.7 Å². The minimum atomic E-state index is -3.60. The van der Waals surface area contributed by atoms with Crippen molar-refractivity contribution < 1.29 is 22.7 Å². The Morgan fingerprint density at radius 2 is 1.77 bits per heavy atom. The zero-order valence-electron chi connectivity index (χ0n) is 14.9. The van der Waals surface area contributed by atoms with Gasteiger partial charge in [-0.2, -0.15) is 0 Å². The van der Waals surface area contributed by atoms with Gasteiger partial charge in [0.15, 0.2) is 0 Å². The van der Waals surface area contributed by atoms with Gasteiger partial charge in [0.05, 0.1) is 18.0 Å². The van der Waals surface area contributed by atoms with E-state index in [-0.39, 0.29) is 29.0 Å². The molecule has 8 heteroatoms. The number of sulfonamides is 1. The predicted octanol–water partition coefficient (Wildman–Crippen LogP) is 1.80. The number of nitrogens with one attached hydrogen (secondary N) is 2. The first-order chi connectivity index (χ1) is 12.4. The molecule has 2 aromatic carbocycles. The van der Waals surface area contributed by atoms with Crippen LogP contribution in [0.3, 0.4) is 0 Å². The summed E-state index contributed by atoms with van der Waals surface area (Å²) in [4.78, 5) is 12.4. The summed E-state index contributed by atoms with van der Waals surface area (Å²) in [6, 6.07) is 12.7. The second-order valence-electron chi connectivity index (χ2n) is 5.60. The number of hydrogen-bond donors (Lipinski definition) is 2. The molecule has 0 unspecified atom stereocenters. The highest BCUT2D eigenvalue weighted by molar-refractivity contribution is 7.89. The first kappa shape index (κ1) is 19.7. The van der Waals surface area contributed by atoms with E-state index in [1.807, 2.05) is 0 Å². The molecule has 2 N–H and O–H groups in total. The molecule has 7 nitrogen and oxygen atoms in total. The minimum Gasteiger partial charge on any atom is -0.497 e. The summed E-state index contributed by atoms with van der Waals surface area (Å²) in [7, 11) is -0.692. The zero-order valence-corrected chi connectivity index (χ0v) is 15.7. The summed E-state index contributed by atoms with van der Waals surface area (Å²) in [5.41, 5.74) is 0.262. The maximum atomic E-state index is 12.3. The molecule has 2 aromatic rings. The van der Waals surface area contributed by atoms with Crippen molar-refractivity contribution in [2.24, 2.45) is 0 Å². The molecule has 26 heavy (non-hydrogen) atoms. The average molecular weight is 378 g/mol. The van der Waals surface area contributed by atoms with E-state index in [0.717, 1.165) is 5.75 Å². The number of benzene rings is 2. The summed E-state index contributed by atoms with van der Waals surface area (Å²) >= 11 is 0. The van der Waals surface area contributed by atoms with Crippen molar-refractivity contribution in [3.05, 3.63) is 54.1 Å². The SMILES string of the molecule is CNS(=O)(=O)c1cccc(C(=O)N[C@H](C)COc2ccc(OC)cc2)c1. The Labute approximate surface area is 153 Å². The van der Waals surface area contributed by atoms with Crippen molar-refractivity contribution in [3.63, 3.8) is 0 Å². The van der Waals surface area contributed by atoms with Crippen LogP contribution in [0.1, 0.15) is 17.3 Å². The second-order valence-corrected chi connectivity index (χ2v) is 7.48. The molecule has 0 aliphatic carbocycles. The van der Waals surface area contributed by atoms with Crippen LogP contribution in [0.2, 0.25) is 0 Å². The first-order valence-corrected chi connectivity index (χ1v) is 9.45. The molecule has 0 saturated heterocycles. The monoisotopic (exact) mass is 378 g/mol. The molecule has 0 fully saturated rings. The standard InChI is InChI=1S/C18H22N2O5S/c1-13(12-25-16-9-7-15(24-3)8-10-16)20-18(21)14-5-4-6-17(11-14)26(22,23)19-2/h4-11,13,19H,12H2,1-3H3,(H,20,21)/t13-/m1/s1. The van der Waals surface area contributed by atoms with Crippen molar-refractivity contribution in [3.8, 4) is 11.5 Å². The highest BCUT2D eigenvalue weighted by atomic mass is 32.2.